The van der Waals surface area contributed by atoms with Gasteiger partial charge in [0, 0.05) is 20.8 Å². The molecule has 1 aromatic carbocycles. The van der Waals surface area contributed by atoms with Crippen molar-refractivity contribution in [3.05, 3.63) is 29.8 Å². The van der Waals surface area contributed by atoms with Crippen LogP contribution in [0.2, 0.25) is 0 Å². The second kappa shape index (κ2) is 6.33. The van der Waals surface area contributed by atoms with Crippen molar-refractivity contribution in [1.29, 1.82) is 0 Å². The highest BCUT2D eigenvalue weighted by atomic mass is 28.4. The Hall–Kier alpha value is -2.15. The third kappa shape index (κ3) is 4.20. The van der Waals surface area contributed by atoms with Crippen LogP contribution in [0.15, 0.2) is 24.3 Å². The second-order valence-corrected chi connectivity index (χ2v) is 6.51. The maximum absolute atomic E-state index is 11.3. The van der Waals surface area contributed by atoms with Crippen molar-refractivity contribution in [2.24, 2.45) is 0 Å². The first-order chi connectivity index (χ1) is 9.25. The van der Waals surface area contributed by atoms with Crippen LogP contribution in [0.5, 0.6) is 0 Å². The fourth-order valence-corrected chi connectivity index (χ4v) is 3.75. The van der Waals surface area contributed by atoms with Crippen LogP contribution >= 0.6 is 0 Å². The van der Waals surface area contributed by atoms with Crippen molar-refractivity contribution >= 4 is 31.9 Å². The van der Waals surface area contributed by atoms with Gasteiger partial charge in [0.15, 0.2) is 0 Å². The lowest BCUT2D eigenvalue weighted by Gasteiger charge is -2.26. The summed E-state index contributed by atoms with van der Waals surface area (Å²) < 4.78 is 15.3. The molecule has 1 rings (SSSR count). The summed E-state index contributed by atoms with van der Waals surface area (Å²) in [5, 5.41) is 0.365. The lowest BCUT2D eigenvalue weighted by atomic mass is 10.2. The molecular formula is C13H16O6Si. The number of rotatable bonds is 4. The van der Waals surface area contributed by atoms with E-state index in [1.807, 2.05) is 6.92 Å². The Morgan fingerprint density at radius 3 is 1.45 bits per heavy atom. The van der Waals surface area contributed by atoms with E-state index in [1.54, 1.807) is 24.3 Å². The van der Waals surface area contributed by atoms with E-state index in [0.29, 0.717) is 5.19 Å². The summed E-state index contributed by atoms with van der Waals surface area (Å²) in [6.07, 6.45) is 0. The number of hydrogen-bond donors (Lipinski definition) is 0. The smallest absolute Gasteiger partial charge is 0.452 e. The molecule has 0 saturated heterocycles. The predicted molar refractivity (Wildman–Crippen MR) is 71.9 cm³/mol. The number of hydrogen-bond acceptors (Lipinski definition) is 6. The zero-order valence-corrected chi connectivity index (χ0v) is 12.8. The standard InChI is InChI=1S/C13H16O6Si/c1-9-5-7-13(8-6-9)20(17-10(2)14,18-11(3)15)19-12(4)16/h5-8H,1-4H3. The maximum Gasteiger partial charge on any atom is 0.742 e. The summed E-state index contributed by atoms with van der Waals surface area (Å²) in [7, 11) is -3.93. The van der Waals surface area contributed by atoms with Gasteiger partial charge in [-0.1, -0.05) is 29.8 Å². The Kier molecular flexibility index (Phi) is 5.04. The molecule has 0 saturated carbocycles. The van der Waals surface area contributed by atoms with Crippen molar-refractivity contribution in [3.8, 4) is 0 Å². The van der Waals surface area contributed by atoms with Crippen molar-refractivity contribution in [3.63, 3.8) is 0 Å². The molecule has 0 aromatic heterocycles. The van der Waals surface area contributed by atoms with E-state index in [2.05, 4.69) is 0 Å². The van der Waals surface area contributed by atoms with E-state index in [1.165, 1.54) is 0 Å². The minimum Gasteiger partial charge on any atom is -0.452 e. The van der Waals surface area contributed by atoms with Crippen molar-refractivity contribution < 1.29 is 27.7 Å². The summed E-state index contributed by atoms with van der Waals surface area (Å²) in [5.74, 6) is -2.08. The summed E-state index contributed by atoms with van der Waals surface area (Å²) >= 11 is 0. The number of carbonyl (C=O) groups excluding carboxylic acids is 3. The van der Waals surface area contributed by atoms with Crippen LogP contribution in [0, 0.1) is 6.92 Å². The molecule has 0 heterocycles. The van der Waals surface area contributed by atoms with Gasteiger partial charge in [-0.25, -0.2) is 0 Å². The summed E-state index contributed by atoms with van der Waals surface area (Å²) in [5.41, 5.74) is 0.963. The normalized spacial score (nSPS) is 10.6. The molecule has 0 bridgehead atoms. The molecular weight excluding hydrogens is 280 g/mol. The highest BCUT2D eigenvalue weighted by Gasteiger charge is 2.54. The molecule has 0 spiro atoms. The van der Waals surface area contributed by atoms with E-state index in [9.17, 15) is 14.4 Å². The van der Waals surface area contributed by atoms with Crippen LogP contribution in [0.1, 0.15) is 26.3 Å². The third-order valence-electron chi connectivity index (χ3n) is 2.24. The average Bonchev–Trinajstić information content (AvgIpc) is 2.26. The first kappa shape index (κ1) is 15.9. The Morgan fingerprint density at radius 1 is 0.800 bits per heavy atom. The van der Waals surface area contributed by atoms with Crippen LogP contribution in [0.4, 0.5) is 0 Å². The minimum atomic E-state index is -3.93. The molecule has 0 unspecified atom stereocenters. The van der Waals surface area contributed by atoms with Crippen molar-refractivity contribution in [2.75, 3.05) is 0 Å². The predicted octanol–water partition coefficient (Wildman–Crippen LogP) is 0.830. The van der Waals surface area contributed by atoms with Crippen LogP contribution in [0.25, 0.3) is 0 Å². The quantitative estimate of drug-likeness (QED) is 0.766. The lowest BCUT2D eigenvalue weighted by Crippen LogP contribution is -2.59. The monoisotopic (exact) mass is 296 g/mol. The zero-order valence-electron chi connectivity index (χ0n) is 11.8. The van der Waals surface area contributed by atoms with E-state index in [-0.39, 0.29) is 0 Å². The Morgan fingerprint density at radius 2 is 1.15 bits per heavy atom. The van der Waals surface area contributed by atoms with E-state index < -0.39 is 26.7 Å². The lowest BCUT2D eigenvalue weighted by molar-refractivity contribution is -0.146. The number of aryl methyl sites for hydroxylation is 1. The topological polar surface area (TPSA) is 78.9 Å². The van der Waals surface area contributed by atoms with Gasteiger partial charge in [-0.2, -0.15) is 0 Å². The Labute approximate surface area is 118 Å². The van der Waals surface area contributed by atoms with Gasteiger partial charge in [-0.05, 0) is 6.92 Å². The first-order valence-corrected chi connectivity index (χ1v) is 7.63. The number of carbonyl (C=O) groups is 3. The van der Waals surface area contributed by atoms with Gasteiger partial charge in [0.1, 0.15) is 0 Å². The fourth-order valence-electron chi connectivity index (χ4n) is 1.56. The summed E-state index contributed by atoms with van der Waals surface area (Å²) in [4.78, 5) is 33.9. The third-order valence-corrected chi connectivity index (χ3v) is 4.95. The van der Waals surface area contributed by atoms with Gasteiger partial charge in [0.2, 0.25) is 0 Å². The molecule has 0 aliphatic rings. The largest absolute Gasteiger partial charge is 0.742 e. The van der Waals surface area contributed by atoms with Crippen LogP contribution in [-0.4, -0.2) is 26.7 Å². The maximum atomic E-state index is 11.3. The molecule has 20 heavy (non-hydrogen) atoms. The van der Waals surface area contributed by atoms with Gasteiger partial charge in [-0.15, -0.1) is 0 Å². The SMILES string of the molecule is CC(=O)O[Si](OC(C)=O)(OC(C)=O)c1ccc(C)cc1. The van der Waals surface area contributed by atoms with E-state index in [0.717, 1.165) is 26.3 Å². The number of benzene rings is 1. The molecule has 0 aliphatic heterocycles. The highest BCUT2D eigenvalue weighted by Crippen LogP contribution is 2.13. The molecule has 7 heteroatoms. The van der Waals surface area contributed by atoms with Gasteiger partial charge >= 0.3 is 8.80 Å². The fraction of sp³-hybridized carbons (Fsp3) is 0.308. The molecule has 0 aliphatic carbocycles. The van der Waals surface area contributed by atoms with E-state index in [4.69, 9.17) is 13.3 Å². The zero-order chi connectivity index (χ0) is 15.3. The van der Waals surface area contributed by atoms with E-state index >= 15 is 0 Å². The molecule has 1 aromatic rings. The van der Waals surface area contributed by atoms with Crippen molar-refractivity contribution in [2.45, 2.75) is 27.7 Å². The second-order valence-electron chi connectivity index (χ2n) is 4.20. The van der Waals surface area contributed by atoms with Gasteiger partial charge in [0.25, 0.3) is 17.9 Å². The molecule has 108 valence electrons. The average molecular weight is 296 g/mol. The molecule has 0 atom stereocenters. The Bertz CT molecular complexity index is 481. The van der Waals surface area contributed by atoms with Crippen molar-refractivity contribution in [1.82, 2.24) is 0 Å². The van der Waals surface area contributed by atoms with Gasteiger partial charge in [-0.3, -0.25) is 14.4 Å². The highest BCUT2D eigenvalue weighted by molar-refractivity contribution is 6.79. The van der Waals surface area contributed by atoms with Gasteiger partial charge < -0.3 is 13.3 Å². The molecule has 0 radical (unpaired) electrons. The molecule has 0 N–H and O–H groups in total. The van der Waals surface area contributed by atoms with Gasteiger partial charge in [0.05, 0.1) is 5.19 Å². The summed E-state index contributed by atoms with van der Waals surface area (Å²) in [6, 6.07) is 6.70. The molecule has 0 amide bonds. The van der Waals surface area contributed by atoms with Crippen LogP contribution < -0.4 is 5.19 Å². The summed E-state index contributed by atoms with van der Waals surface area (Å²) in [6.45, 7) is 5.34. The molecule has 6 nitrogen and oxygen atoms in total. The Balaban J connectivity index is 3.32. The van der Waals surface area contributed by atoms with Crippen LogP contribution in [0.3, 0.4) is 0 Å². The minimum absolute atomic E-state index is 0.365. The first-order valence-electron chi connectivity index (χ1n) is 5.91. The van der Waals surface area contributed by atoms with Crippen LogP contribution in [-0.2, 0) is 27.7 Å². The molecule has 0 fully saturated rings.